The first-order valence-corrected chi connectivity index (χ1v) is 10.5. The van der Waals surface area contributed by atoms with Crippen LogP contribution < -0.4 is 0 Å². The van der Waals surface area contributed by atoms with Crippen LogP contribution in [0, 0.1) is 5.92 Å². The fourth-order valence-electron chi connectivity index (χ4n) is 5.76. The van der Waals surface area contributed by atoms with E-state index in [1.807, 2.05) is 7.11 Å². The van der Waals surface area contributed by atoms with Gasteiger partial charge in [0, 0.05) is 31.6 Å². The van der Waals surface area contributed by atoms with Gasteiger partial charge >= 0.3 is 0 Å². The summed E-state index contributed by atoms with van der Waals surface area (Å²) in [4.78, 5) is 12.5. The number of rotatable bonds is 4. The van der Waals surface area contributed by atoms with E-state index in [0.29, 0.717) is 12.2 Å². The maximum atomic E-state index is 12.5. The topological polar surface area (TPSA) is 35.5 Å². The molecular weight excluding hydrogens is 336 g/mol. The summed E-state index contributed by atoms with van der Waals surface area (Å²) in [5.74, 6) is 0.641. The van der Waals surface area contributed by atoms with Gasteiger partial charge in [0.15, 0.2) is 5.78 Å². The first kappa shape index (κ1) is 17.4. The number of carbonyl (C=O) groups excluding carboxylic acids is 1. The molecule has 0 saturated heterocycles. The van der Waals surface area contributed by atoms with Gasteiger partial charge in [0.2, 0.25) is 0 Å². The van der Waals surface area contributed by atoms with Gasteiger partial charge in [0.1, 0.15) is 6.10 Å². The molecule has 0 fully saturated rings. The van der Waals surface area contributed by atoms with Crippen LogP contribution >= 0.6 is 0 Å². The number of allylic oxidation sites excluding steroid dienone is 9. The summed E-state index contributed by atoms with van der Waals surface area (Å²) in [6, 6.07) is 0. The van der Waals surface area contributed by atoms with E-state index in [9.17, 15) is 4.79 Å². The SMILES string of the molecule is CCCOC1CCC2=C(C3C4=CCCC5=C4C(=C3C=C2)CCC5=O)C1OC. The number of Topliss-reactive ketones (excluding diaryl/α,β-unsaturated/α-hetero) is 1. The summed E-state index contributed by atoms with van der Waals surface area (Å²) in [6.45, 7) is 2.94. The Morgan fingerprint density at radius 3 is 2.81 bits per heavy atom. The lowest BCUT2D eigenvalue weighted by molar-refractivity contribution is -0.116. The molecule has 0 aromatic carbocycles. The van der Waals surface area contributed by atoms with Gasteiger partial charge in [-0.2, -0.15) is 0 Å². The molecule has 0 N–H and O–H groups in total. The molecule has 0 aliphatic heterocycles. The van der Waals surface area contributed by atoms with Gasteiger partial charge in [-0.05, 0) is 72.0 Å². The fraction of sp³-hybridized carbons (Fsp3) is 0.542. The van der Waals surface area contributed by atoms with Crippen molar-refractivity contribution in [1.29, 1.82) is 0 Å². The van der Waals surface area contributed by atoms with Crippen molar-refractivity contribution in [2.45, 2.75) is 64.1 Å². The predicted molar refractivity (Wildman–Crippen MR) is 105 cm³/mol. The zero-order valence-electron chi connectivity index (χ0n) is 16.3. The van der Waals surface area contributed by atoms with E-state index in [2.05, 4.69) is 25.2 Å². The summed E-state index contributed by atoms with van der Waals surface area (Å²) in [5, 5.41) is 0. The van der Waals surface area contributed by atoms with E-state index in [1.54, 1.807) is 0 Å². The second kappa shape index (κ2) is 6.72. The highest BCUT2D eigenvalue weighted by Crippen LogP contribution is 2.56. The highest BCUT2D eigenvalue weighted by molar-refractivity contribution is 6.01. The van der Waals surface area contributed by atoms with Crippen LogP contribution in [-0.2, 0) is 14.3 Å². The lowest BCUT2D eigenvalue weighted by atomic mass is 9.72. The van der Waals surface area contributed by atoms with Crippen molar-refractivity contribution in [2.75, 3.05) is 13.7 Å². The minimum Gasteiger partial charge on any atom is -0.375 e. The van der Waals surface area contributed by atoms with Crippen molar-refractivity contribution in [1.82, 2.24) is 0 Å². The van der Waals surface area contributed by atoms with Crippen LogP contribution in [0.15, 0.2) is 57.2 Å². The molecule has 0 saturated carbocycles. The van der Waals surface area contributed by atoms with Gasteiger partial charge < -0.3 is 9.47 Å². The van der Waals surface area contributed by atoms with Crippen molar-refractivity contribution >= 4 is 5.78 Å². The molecule has 3 unspecified atom stereocenters. The molecule has 0 amide bonds. The fourth-order valence-corrected chi connectivity index (χ4v) is 5.76. The van der Waals surface area contributed by atoms with Crippen molar-refractivity contribution in [3.8, 4) is 0 Å². The summed E-state index contributed by atoms with van der Waals surface area (Å²) in [7, 11) is 1.82. The third-order valence-electron chi connectivity index (χ3n) is 6.84. The molecule has 0 bridgehead atoms. The van der Waals surface area contributed by atoms with E-state index in [1.165, 1.54) is 33.4 Å². The number of ether oxygens (including phenoxy) is 2. The van der Waals surface area contributed by atoms with E-state index in [0.717, 1.165) is 50.7 Å². The quantitative estimate of drug-likeness (QED) is 0.721. The number of carbonyl (C=O) groups is 1. The second-order valence-electron chi connectivity index (χ2n) is 8.26. The normalized spacial score (nSPS) is 31.9. The monoisotopic (exact) mass is 364 g/mol. The van der Waals surface area contributed by atoms with Crippen LogP contribution in [0.4, 0.5) is 0 Å². The lowest BCUT2D eigenvalue weighted by Crippen LogP contribution is -2.40. The molecule has 27 heavy (non-hydrogen) atoms. The summed E-state index contributed by atoms with van der Waals surface area (Å²) < 4.78 is 12.2. The van der Waals surface area contributed by atoms with Gasteiger partial charge in [0.05, 0.1) is 6.10 Å². The smallest absolute Gasteiger partial charge is 0.159 e. The maximum absolute atomic E-state index is 12.5. The van der Waals surface area contributed by atoms with Crippen LogP contribution in [0.5, 0.6) is 0 Å². The van der Waals surface area contributed by atoms with Crippen molar-refractivity contribution in [3.63, 3.8) is 0 Å². The Morgan fingerprint density at radius 2 is 2.00 bits per heavy atom. The Kier molecular flexibility index (Phi) is 4.33. The van der Waals surface area contributed by atoms with E-state index >= 15 is 0 Å². The van der Waals surface area contributed by atoms with Gasteiger partial charge in [-0.15, -0.1) is 0 Å². The molecule has 5 rings (SSSR count). The Labute approximate surface area is 161 Å². The third-order valence-corrected chi connectivity index (χ3v) is 6.84. The summed E-state index contributed by atoms with van der Waals surface area (Å²) in [6.07, 6.45) is 13.7. The molecule has 3 nitrogen and oxygen atoms in total. The molecule has 0 aromatic rings. The highest BCUT2D eigenvalue weighted by atomic mass is 16.5. The molecule has 5 aliphatic carbocycles. The van der Waals surface area contributed by atoms with Crippen molar-refractivity contribution in [2.24, 2.45) is 5.92 Å². The average Bonchev–Trinajstić information content (AvgIpc) is 3.03. The maximum Gasteiger partial charge on any atom is 0.159 e. The highest BCUT2D eigenvalue weighted by Gasteiger charge is 2.46. The molecule has 0 radical (unpaired) electrons. The Morgan fingerprint density at radius 1 is 1.11 bits per heavy atom. The van der Waals surface area contributed by atoms with Gasteiger partial charge in [-0.3, -0.25) is 4.79 Å². The van der Waals surface area contributed by atoms with Gasteiger partial charge in [-0.25, -0.2) is 0 Å². The standard InChI is InChI=1S/C24H28O3/c1-3-13-27-20-12-8-14-7-9-16-15-10-11-19(25)17-5-4-6-18(22(15)17)23(16)21(14)24(20)26-2/h6-7,9,20,23-24H,3-5,8,10-13H2,1-2H3. The van der Waals surface area contributed by atoms with Gasteiger partial charge in [-0.1, -0.05) is 25.2 Å². The third kappa shape index (κ3) is 2.51. The Hall–Kier alpha value is -1.71. The lowest BCUT2D eigenvalue weighted by Gasteiger charge is -2.39. The van der Waals surface area contributed by atoms with E-state index in [-0.39, 0.29) is 18.1 Å². The molecule has 0 heterocycles. The number of hydrogen-bond acceptors (Lipinski definition) is 3. The van der Waals surface area contributed by atoms with Crippen LogP contribution in [0.25, 0.3) is 0 Å². The van der Waals surface area contributed by atoms with Gasteiger partial charge in [0.25, 0.3) is 0 Å². The molecule has 3 heteroatoms. The average molecular weight is 364 g/mol. The minimum atomic E-state index is 0.00795. The first-order valence-electron chi connectivity index (χ1n) is 10.5. The van der Waals surface area contributed by atoms with Crippen LogP contribution in [0.2, 0.25) is 0 Å². The second-order valence-corrected chi connectivity index (χ2v) is 8.26. The molecule has 0 spiro atoms. The zero-order chi connectivity index (χ0) is 18.5. The number of hydrogen-bond donors (Lipinski definition) is 0. The van der Waals surface area contributed by atoms with E-state index < -0.39 is 0 Å². The number of methoxy groups -OCH3 is 1. The van der Waals surface area contributed by atoms with Crippen molar-refractivity contribution < 1.29 is 14.3 Å². The molecule has 5 aliphatic rings. The largest absolute Gasteiger partial charge is 0.375 e. The zero-order valence-corrected chi connectivity index (χ0v) is 16.3. The summed E-state index contributed by atoms with van der Waals surface area (Å²) in [5.41, 5.74) is 9.43. The number of fused-ring (bicyclic) bond motifs is 3. The molecule has 142 valence electrons. The molecule has 3 atom stereocenters. The Bertz CT molecular complexity index is 849. The minimum absolute atomic E-state index is 0.00795. The van der Waals surface area contributed by atoms with E-state index in [4.69, 9.17) is 9.47 Å². The van der Waals surface area contributed by atoms with Crippen LogP contribution in [0.1, 0.15) is 51.9 Å². The number of ketones is 1. The van der Waals surface area contributed by atoms with Crippen LogP contribution in [-0.4, -0.2) is 31.7 Å². The molecule has 0 aromatic heterocycles. The predicted octanol–water partition coefficient (Wildman–Crippen LogP) is 4.76. The molecular formula is C24H28O3. The Balaban J connectivity index is 1.62. The van der Waals surface area contributed by atoms with Crippen molar-refractivity contribution in [3.05, 3.63) is 57.2 Å². The summed E-state index contributed by atoms with van der Waals surface area (Å²) >= 11 is 0. The first-order chi connectivity index (χ1) is 13.2. The van der Waals surface area contributed by atoms with Crippen LogP contribution in [0.3, 0.4) is 0 Å².